The number of hydrogen-bond donors (Lipinski definition) is 1. The highest BCUT2D eigenvalue weighted by molar-refractivity contribution is 7.15. The van der Waals surface area contributed by atoms with E-state index < -0.39 is 0 Å². The first-order valence-corrected chi connectivity index (χ1v) is 12.2. The van der Waals surface area contributed by atoms with Crippen LogP contribution in [0, 0.1) is 0 Å². The van der Waals surface area contributed by atoms with Crippen molar-refractivity contribution in [2.24, 2.45) is 0 Å². The molecule has 8 nitrogen and oxygen atoms in total. The van der Waals surface area contributed by atoms with Gasteiger partial charge in [0.05, 0.1) is 10.6 Å². The lowest BCUT2D eigenvalue weighted by Gasteiger charge is -2.34. The molecular formula is C23H21N5O3S2. The maximum absolute atomic E-state index is 12.9. The van der Waals surface area contributed by atoms with E-state index in [2.05, 4.69) is 15.2 Å². The van der Waals surface area contributed by atoms with Crippen molar-refractivity contribution in [1.29, 1.82) is 0 Å². The third-order valence-corrected chi connectivity index (χ3v) is 7.16. The van der Waals surface area contributed by atoms with E-state index in [-0.39, 0.29) is 17.4 Å². The average Bonchev–Trinajstić information content (AvgIpc) is 3.52. The van der Waals surface area contributed by atoms with Crippen LogP contribution in [0.2, 0.25) is 0 Å². The predicted molar refractivity (Wildman–Crippen MR) is 129 cm³/mol. The summed E-state index contributed by atoms with van der Waals surface area (Å²) < 4.78 is 1.55. The fraction of sp³-hybridized carbons (Fsp3) is 0.217. The average molecular weight is 480 g/mol. The third kappa shape index (κ3) is 4.72. The highest BCUT2D eigenvalue weighted by Crippen LogP contribution is 2.17. The summed E-state index contributed by atoms with van der Waals surface area (Å²) in [7, 11) is 0. The van der Waals surface area contributed by atoms with Crippen LogP contribution in [0.25, 0.3) is 4.96 Å². The highest BCUT2D eigenvalue weighted by atomic mass is 32.1. The van der Waals surface area contributed by atoms with E-state index in [1.165, 1.54) is 22.7 Å². The molecule has 33 heavy (non-hydrogen) atoms. The minimum atomic E-state index is -0.157. The number of anilines is 1. The Hall–Kier alpha value is -3.34. The number of rotatable bonds is 5. The van der Waals surface area contributed by atoms with Crippen molar-refractivity contribution in [1.82, 2.24) is 19.2 Å². The summed E-state index contributed by atoms with van der Waals surface area (Å²) in [6.45, 7) is 3.23. The molecule has 0 bridgehead atoms. The first-order valence-electron chi connectivity index (χ1n) is 10.5. The second-order valence-electron chi connectivity index (χ2n) is 7.72. The molecule has 2 amide bonds. The van der Waals surface area contributed by atoms with E-state index in [1.807, 2.05) is 21.7 Å². The van der Waals surface area contributed by atoms with Crippen LogP contribution < -0.4 is 10.9 Å². The van der Waals surface area contributed by atoms with E-state index in [1.54, 1.807) is 47.0 Å². The van der Waals surface area contributed by atoms with Crippen molar-refractivity contribution in [3.63, 3.8) is 0 Å². The molecule has 3 aromatic heterocycles. The molecule has 0 saturated carbocycles. The van der Waals surface area contributed by atoms with Gasteiger partial charge in [0.25, 0.3) is 17.4 Å². The molecule has 1 saturated heterocycles. The van der Waals surface area contributed by atoms with E-state index >= 15 is 0 Å². The van der Waals surface area contributed by atoms with Gasteiger partial charge in [-0.25, -0.2) is 4.98 Å². The SMILES string of the molecule is O=C(Nc1ccc(C(=O)N2CCN(Cc3cc(=O)n4ccsc4n3)CC2)cc1)c1cccs1. The molecule has 1 aliphatic heterocycles. The van der Waals surface area contributed by atoms with Crippen LogP contribution >= 0.6 is 22.7 Å². The molecule has 1 aromatic carbocycles. The standard InChI is InChI=1S/C23H21N5O3S2/c29-20-14-18(25-23-28(20)11-13-33-23)15-26-7-9-27(10-8-26)22(31)16-3-5-17(6-4-16)24-21(30)19-2-1-12-32-19/h1-6,11-14H,7-10,15H2,(H,24,30). The van der Waals surface area contributed by atoms with Crippen molar-refractivity contribution >= 4 is 45.1 Å². The van der Waals surface area contributed by atoms with Crippen molar-refractivity contribution < 1.29 is 9.59 Å². The van der Waals surface area contributed by atoms with Gasteiger partial charge in [-0.15, -0.1) is 22.7 Å². The number of amides is 2. The van der Waals surface area contributed by atoms with Gasteiger partial charge >= 0.3 is 0 Å². The molecule has 1 aliphatic rings. The molecule has 0 radical (unpaired) electrons. The number of aromatic nitrogens is 2. The smallest absolute Gasteiger partial charge is 0.265 e. The van der Waals surface area contributed by atoms with Crippen molar-refractivity contribution in [2.75, 3.05) is 31.5 Å². The first kappa shape index (κ1) is 21.5. The number of benzene rings is 1. The Kier molecular flexibility index (Phi) is 6.03. The van der Waals surface area contributed by atoms with Gasteiger partial charge < -0.3 is 10.2 Å². The van der Waals surface area contributed by atoms with Crippen LogP contribution in [-0.4, -0.2) is 57.2 Å². The Labute approximate surface area is 197 Å². The quantitative estimate of drug-likeness (QED) is 0.476. The summed E-state index contributed by atoms with van der Waals surface area (Å²) in [5, 5.41) is 6.55. The van der Waals surface area contributed by atoms with Crippen molar-refractivity contribution in [3.05, 3.63) is 85.9 Å². The number of carbonyl (C=O) groups excluding carboxylic acids is 2. The molecule has 0 aliphatic carbocycles. The Morgan fingerprint density at radius 3 is 2.52 bits per heavy atom. The predicted octanol–water partition coefficient (Wildman–Crippen LogP) is 3.03. The number of fused-ring (bicyclic) bond motifs is 1. The second kappa shape index (κ2) is 9.26. The number of thiazole rings is 1. The minimum Gasteiger partial charge on any atom is -0.336 e. The molecule has 10 heteroatoms. The van der Waals surface area contributed by atoms with E-state index in [4.69, 9.17) is 0 Å². The zero-order valence-electron chi connectivity index (χ0n) is 17.6. The zero-order valence-corrected chi connectivity index (χ0v) is 19.3. The Morgan fingerprint density at radius 1 is 1.00 bits per heavy atom. The van der Waals surface area contributed by atoms with Crippen LogP contribution in [0.5, 0.6) is 0 Å². The third-order valence-electron chi connectivity index (χ3n) is 5.54. The highest BCUT2D eigenvalue weighted by Gasteiger charge is 2.23. The largest absolute Gasteiger partial charge is 0.336 e. The van der Waals surface area contributed by atoms with Crippen molar-refractivity contribution in [2.45, 2.75) is 6.54 Å². The van der Waals surface area contributed by atoms with Gasteiger partial charge in [0.15, 0.2) is 4.96 Å². The Balaban J connectivity index is 1.16. The molecule has 5 rings (SSSR count). The van der Waals surface area contributed by atoms with E-state index in [0.717, 1.165) is 5.69 Å². The molecule has 168 valence electrons. The summed E-state index contributed by atoms with van der Waals surface area (Å²) in [6.07, 6.45) is 1.73. The lowest BCUT2D eigenvalue weighted by atomic mass is 10.1. The zero-order chi connectivity index (χ0) is 22.8. The van der Waals surface area contributed by atoms with Crippen molar-refractivity contribution in [3.8, 4) is 0 Å². The number of hydrogen-bond acceptors (Lipinski definition) is 7. The monoisotopic (exact) mass is 479 g/mol. The number of carbonyl (C=O) groups is 2. The van der Waals surface area contributed by atoms with Crippen LogP contribution in [0.15, 0.2) is 64.2 Å². The number of piperazine rings is 1. The van der Waals surface area contributed by atoms with Crippen LogP contribution in [0.1, 0.15) is 25.7 Å². The molecule has 4 aromatic rings. The normalized spacial score (nSPS) is 14.5. The van der Waals surface area contributed by atoms with Gasteiger partial charge in [-0.3, -0.25) is 23.7 Å². The summed E-state index contributed by atoms with van der Waals surface area (Å²) in [5.74, 6) is -0.183. The summed E-state index contributed by atoms with van der Waals surface area (Å²) in [6, 6.07) is 12.2. The first-order chi connectivity index (χ1) is 16.1. The summed E-state index contributed by atoms with van der Waals surface area (Å²) in [5.41, 5.74) is 1.93. The number of nitrogens with zero attached hydrogens (tertiary/aromatic N) is 4. The number of thiophene rings is 1. The fourth-order valence-electron chi connectivity index (χ4n) is 3.79. The van der Waals surface area contributed by atoms with Gasteiger partial charge in [-0.2, -0.15) is 0 Å². The van der Waals surface area contributed by atoms with E-state index in [0.29, 0.717) is 53.8 Å². The number of nitrogens with one attached hydrogen (secondary N) is 1. The molecule has 0 atom stereocenters. The summed E-state index contributed by atoms with van der Waals surface area (Å²) >= 11 is 2.82. The van der Waals surface area contributed by atoms with Crippen LogP contribution in [0.3, 0.4) is 0 Å². The lowest BCUT2D eigenvalue weighted by molar-refractivity contribution is 0.0627. The van der Waals surface area contributed by atoms with Gasteiger partial charge in [-0.1, -0.05) is 6.07 Å². The van der Waals surface area contributed by atoms with Gasteiger partial charge in [0.1, 0.15) is 0 Å². The van der Waals surface area contributed by atoms with Gasteiger partial charge in [0, 0.05) is 61.6 Å². The van der Waals surface area contributed by atoms with Gasteiger partial charge in [0.2, 0.25) is 0 Å². The lowest BCUT2D eigenvalue weighted by Crippen LogP contribution is -2.48. The summed E-state index contributed by atoms with van der Waals surface area (Å²) in [4.78, 5) is 47.2. The molecular weight excluding hydrogens is 458 g/mol. The molecule has 4 heterocycles. The van der Waals surface area contributed by atoms with E-state index in [9.17, 15) is 14.4 Å². The van der Waals surface area contributed by atoms with Gasteiger partial charge in [-0.05, 0) is 35.7 Å². The molecule has 0 unspecified atom stereocenters. The molecule has 1 fully saturated rings. The Morgan fingerprint density at radius 2 is 1.79 bits per heavy atom. The molecule has 0 spiro atoms. The maximum atomic E-state index is 12.9. The molecule has 1 N–H and O–H groups in total. The minimum absolute atomic E-state index is 0.0258. The topological polar surface area (TPSA) is 87.0 Å². The van der Waals surface area contributed by atoms with Crippen LogP contribution in [-0.2, 0) is 6.54 Å². The maximum Gasteiger partial charge on any atom is 0.265 e. The second-order valence-corrected chi connectivity index (χ2v) is 9.54. The fourth-order valence-corrected chi connectivity index (χ4v) is 5.14. The van der Waals surface area contributed by atoms with Crippen LogP contribution in [0.4, 0.5) is 5.69 Å². The Bertz CT molecular complexity index is 1340.